The van der Waals surface area contributed by atoms with Crippen LogP contribution in [0.3, 0.4) is 0 Å². The number of halogens is 1. The summed E-state index contributed by atoms with van der Waals surface area (Å²) in [5.74, 6) is 0.376. The number of rotatable bonds is 5. The van der Waals surface area contributed by atoms with Gasteiger partial charge in [-0.1, -0.05) is 17.7 Å². The second-order valence-corrected chi connectivity index (χ2v) is 3.89. The predicted octanol–water partition coefficient (Wildman–Crippen LogP) is 1.18. The van der Waals surface area contributed by atoms with E-state index in [0.717, 1.165) is 0 Å². The van der Waals surface area contributed by atoms with Crippen molar-refractivity contribution < 1.29 is 9.53 Å². The van der Waals surface area contributed by atoms with E-state index in [9.17, 15) is 4.79 Å². The average Bonchev–Trinajstić information content (AvgIpc) is 2.26. The number of nitrogens with one attached hydrogen (secondary N) is 1. The number of hydrogen-bond acceptors (Lipinski definition) is 3. The molecule has 5 heteroatoms. The van der Waals surface area contributed by atoms with Crippen molar-refractivity contribution in [3.05, 3.63) is 29.3 Å². The first-order valence-electron chi connectivity index (χ1n) is 4.99. The molecule has 0 saturated carbocycles. The third-order valence-corrected chi connectivity index (χ3v) is 2.16. The van der Waals surface area contributed by atoms with Gasteiger partial charge in [-0.15, -0.1) is 0 Å². The molecule has 0 spiro atoms. The second-order valence-electron chi connectivity index (χ2n) is 3.45. The molecule has 88 valence electrons. The highest BCUT2D eigenvalue weighted by Crippen LogP contribution is 2.16. The molecule has 1 amide bonds. The van der Waals surface area contributed by atoms with Crippen LogP contribution in [0.4, 0.5) is 0 Å². The monoisotopic (exact) mass is 242 g/mol. The maximum absolute atomic E-state index is 11.3. The molecule has 0 aliphatic carbocycles. The van der Waals surface area contributed by atoms with E-state index in [4.69, 9.17) is 22.1 Å². The lowest BCUT2D eigenvalue weighted by atomic mass is 10.3. The third kappa shape index (κ3) is 4.51. The molecule has 0 bridgehead atoms. The molecule has 0 radical (unpaired) electrons. The standard InChI is InChI=1S/C11H15ClN2O2/c1-8(6-13)14-11(15)7-16-10-4-2-3-9(12)5-10/h2-5,8H,6-7,13H2,1H3,(H,14,15)/t8-/m1/s1. The van der Waals surface area contributed by atoms with Crippen LogP contribution >= 0.6 is 11.6 Å². The number of amides is 1. The first-order valence-corrected chi connectivity index (χ1v) is 5.37. The van der Waals surface area contributed by atoms with Crippen LogP contribution in [0.15, 0.2) is 24.3 Å². The van der Waals surface area contributed by atoms with E-state index >= 15 is 0 Å². The fraction of sp³-hybridized carbons (Fsp3) is 0.364. The lowest BCUT2D eigenvalue weighted by Crippen LogP contribution is -2.40. The molecule has 1 atom stereocenters. The number of nitrogens with two attached hydrogens (primary N) is 1. The molecule has 1 aromatic rings. The Balaban J connectivity index is 2.37. The van der Waals surface area contributed by atoms with Crippen LogP contribution in [0.2, 0.25) is 5.02 Å². The predicted molar refractivity (Wildman–Crippen MR) is 63.6 cm³/mol. The van der Waals surface area contributed by atoms with Gasteiger partial charge in [0.25, 0.3) is 5.91 Å². The molecule has 1 aromatic carbocycles. The SMILES string of the molecule is C[C@H](CN)NC(=O)COc1cccc(Cl)c1. The summed E-state index contributed by atoms with van der Waals surface area (Å²) in [6.45, 7) is 2.20. The first kappa shape index (κ1) is 12.8. The van der Waals surface area contributed by atoms with E-state index in [0.29, 0.717) is 17.3 Å². The number of ether oxygens (including phenoxy) is 1. The van der Waals surface area contributed by atoms with Gasteiger partial charge in [-0.3, -0.25) is 4.79 Å². The van der Waals surface area contributed by atoms with Gasteiger partial charge in [0.05, 0.1) is 0 Å². The Bertz CT molecular complexity index is 358. The van der Waals surface area contributed by atoms with Crippen molar-refractivity contribution in [2.24, 2.45) is 5.73 Å². The fourth-order valence-electron chi connectivity index (χ4n) is 1.08. The van der Waals surface area contributed by atoms with Crippen LogP contribution in [-0.2, 0) is 4.79 Å². The molecule has 16 heavy (non-hydrogen) atoms. The highest BCUT2D eigenvalue weighted by Gasteiger charge is 2.06. The molecule has 3 N–H and O–H groups in total. The summed E-state index contributed by atoms with van der Waals surface area (Å²) in [7, 11) is 0. The Morgan fingerprint density at radius 1 is 1.62 bits per heavy atom. The molecular weight excluding hydrogens is 228 g/mol. The van der Waals surface area contributed by atoms with Crippen LogP contribution < -0.4 is 15.8 Å². The zero-order valence-corrected chi connectivity index (χ0v) is 9.83. The van der Waals surface area contributed by atoms with Crippen molar-refractivity contribution in [2.75, 3.05) is 13.2 Å². The molecule has 0 fully saturated rings. The van der Waals surface area contributed by atoms with Gasteiger partial charge in [0, 0.05) is 17.6 Å². The zero-order chi connectivity index (χ0) is 12.0. The van der Waals surface area contributed by atoms with Crippen molar-refractivity contribution in [1.29, 1.82) is 0 Å². The van der Waals surface area contributed by atoms with Crippen molar-refractivity contribution in [3.8, 4) is 5.75 Å². The Kier molecular flexibility index (Phi) is 5.08. The maximum atomic E-state index is 11.3. The Morgan fingerprint density at radius 2 is 2.38 bits per heavy atom. The van der Waals surface area contributed by atoms with E-state index in [2.05, 4.69) is 5.32 Å². The van der Waals surface area contributed by atoms with Crippen LogP contribution in [0.1, 0.15) is 6.92 Å². The quantitative estimate of drug-likeness (QED) is 0.815. The molecular formula is C11H15ClN2O2. The van der Waals surface area contributed by atoms with Gasteiger partial charge in [0.15, 0.2) is 6.61 Å². The molecule has 4 nitrogen and oxygen atoms in total. The minimum atomic E-state index is -0.196. The summed E-state index contributed by atoms with van der Waals surface area (Å²) in [5, 5.41) is 3.27. The van der Waals surface area contributed by atoms with Gasteiger partial charge >= 0.3 is 0 Å². The van der Waals surface area contributed by atoms with Crippen LogP contribution in [0.25, 0.3) is 0 Å². The molecule has 1 rings (SSSR count). The van der Waals surface area contributed by atoms with Crippen molar-refractivity contribution >= 4 is 17.5 Å². The fourth-order valence-corrected chi connectivity index (χ4v) is 1.26. The van der Waals surface area contributed by atoms with Crippen molar-refractivity contribution in [3.63, 3.8) is 0 Å². The Hall–Kier alpha value is -1.26. The number of benzene rings is 1. The number of carbonyl (C=O) groups excluding carboxylic acids is 1. The maximum Gasteiger partial charge on any atom is 0.258 e. The summed E-state index contributed by atoms with van der Waals surface area (Å²) in [5.41, 5.74) is 5.37. The summed E-state index contributed by atoms with van der Waals surface area (Å²) >= 11 is 5.77. The molecule has 0 aromatic heterocycles. The van der Waals surface area contributed by atoms with Crippen LogP contribution in [0.5, 0.6) is 5.75 Å². The van der Waals surface area contributed by atoms with Gasteiger partial charge in [-0.2, -0.15) is 0 Å². The van der Waals surface area contributed by atoms with Gasteiger partial charge in [0.1, 0.15) is 5.75 Å². The average molecular weight is 243 g/mol. The van der Waals surface area contributed by atoms with Crippen molar-refractivity contribution in [2.45, 2.75) is 13.0 Å². The van der Waals surface area contributed by atoms with Gasteiger partial charge in [0.2, 0.25) is 0 Å². The third-order valence-electron chi connectivity index (χ3n) is 1.93. The molecule has 0 saturated heterocycles. The van der Waals surface area contributed by atoms with Gasteiger partial charge in [-0.05, 0) is 25.1 Å². The van der Waals surface area contributed by atoms with E-state index in [1.807, 2.05) is 6.92 Å². The molecule has 0 heterocycles. The Morgan fingerprint density at radius 3 is 3.00 bits per heavy atom. The van der Waals surface area contributed by atoms with Gasteiger partial charge in [-0.25, -0.2) is 0 Å². The van der Waals surface area contributed by atoms with E-state index < -0.39 is 0 Å². The summed E-state index contributed by atoms with van der Waals surface area (Å²) in [4.78, 5) is 11.3. The number of hydrogen-bond donors (Lipinski definition) is 2. The lowest BCUT2D eigenvalue weighted by molar-refractivity contribution is -0.123. The van der Waals surface area contributed by atoms with Crippen molar-refractivity contribution in [1.82, 2.24) is 5.32 Å². The molecule has 0 unspecified atom stereocenters. The lowest BCUT2D eigenvalue weighted by Gasteiger charge is -2.11. The molecule has 0 aliphatic rings. The molecule has 0 aliphatic heterocycles. The summed E-state index contributed by atoms with van der Waals surface area (Å²) in [6.07, 6.45) is 0. The summed E-state index contributed by atoms with van der Waals surface area (Å²) < 4.78 is 5.26. The largest absolute Gasteiger partial charge is 0.484 e. The first-order chi connectivity index (χ1) is 7.61. The highest BCUT2D eigenvalue weighted by molar-refractivity contribution is 6.30. The van der Waals surface area contributed by atoms with Gasteiger partial charge < -0.3 is 15.8 Å². The minimum absolute atomic E-state index is 0.0370. The number of carbonyl (C=O) groups is 1. The minimum Gasteiger partial charge on any atom is -0.484 e. The van der Waals surface area contributed by atoms with Crippen LogP contribution in [-0.4, -0.2) is 25.1 Å². The van der Waals surface area contributed by atoms with Crippen LogP contribution in [0, 0.1) is 0 Å². The topological polar surface area (TPSA) is 64.3 Å². The smallest absolute Gasteiger partial charge is 0.258 e. The highest BCUT2D eigenvalue weighted by atomic mass is 35.5. The zero-order valence-electron chi connectivity index (χ0n) is 9.07. The van der Waals surface area contributed by atoms with E-state index in [1.54, 1.807) is 24.3 Å². The van der Waals surface area contributed by atoms with E-state index in [-0.39, 0.29) is 18.6 Å². The normalized spacial score (nSPS) is 11.9. The Labute approximate surface area is 99.7 Å². The summed E-state index contributed by atoms with van der Waals surface area (Å²) in [6, 6.07) is 6.85. The van der Waals surface area contributed by atoms with E-state index in [1.165, 1.54) is 0 Å². The second kappa shape index (κ2) is 6.35.